The van der Waals surface area contributed by atoms with Gasteiger partial charge in [0.25, 0.3) is 0 Å². The highest BCUT2D eigenvalue weighted by Crippen LogP contribution is 2.20. The Labute approximate surface area is 153 Å². The van der Waals surface area contributed by atoms with E-state index in [9.17, 15) is 9.59 Å². The highest BCUT2D eigenvalue weighted by atomic mass is 16.2. The number of H-pyrrole nitrogens is 1. The van der Waals surface area contributed by atoms with Gasteiger partial charge in [0.05, 0.1) is 6.42 Å². The maximum absolute atomic E-state index is 12.7. The number of fused-ring (bicyclic) bond motifs is 1. The van der Waals surface area contributed by atoms with Crippen molar-refractivity contribution in [2.75, 3.05) is 39.3 Å². The van der Waals surface area contributed by atoms with Gasteiger partial charge in [0.1, 0.15) is 0 Å². The molecule has 0 radical (unpaired) electrons. The van der Waals surface area contributed by atoms with Crippen molar-refractivity contribution < 1.29 is 9.59 Å². The number of piperidine rings is 1. The number of carbonyl (C=O) groups excluding carboxylic acids is 2. The lowest BCUT2D eigenvalue weighted by molar-refractivity contribution is -0.142. The van der Waals surface area contributed by atoms with E-state index in [1.807, 2.05) is 40.3 Å². The molecule has 2 fully saturated rings. The van der Waals surface area contributed by atoms with E-state index in [4.69, 9.17) is 0 Å². The highest BCUT2D eigenvalue weighted by molar-refractivity contribution is 5.89. The second-order valence-electron chi connectivity index (χ2n) is 7.27. The van der Waals surface area contributed by atoms with Crippen LogP contribution in [-0.2, 0) is 16.0 Å². The molecule has 2 saturated heterocycles. The molecule has 2 N–H and O–H groups in total. The van der Waals surface area contributed by atoms with E-state index in [1.165, 1.54) is 0 Å². The molecule has 4 rings (SSSR count). The molecule has 0 bridgehead atoms. The quantitative estimate of drug-likeness (QED) is 0.875. The number of aromatic nitrogens is 1. The lowest BCUT2D eigenvalue weighted by atomic mass is 9.96. The number of benzene rings is 1. The number of aromatic amines is 1. The molecule has 0 saturated carbocycles. The maximum Gasteiger partial charge on any atom is 0.227 e. The Morgan fingerprint density at radius 3 is 2.46 bits per heavy atom. The Hall–Kier alpha value is -2.34. The van der Waals surface area contributed by atoms with Gasteiger partial charge < -0.3 is 20.1 Å². The van der Waals surface area contributed by atoms with Crippen LogP contribution in [0.25, 0.3) is 10.9 Å². The standard InChI is InChI=1S/C20H26N4O2/c25-19(13-16-14-22-18-4-2-1-3-17(16)18)23-9-11-24(12-10-23)20(26)15-5-7-21-8-6-15/h1-4,14-15,21-22H,5-13H2. The van der Waals surface area contributed by atoms with Crippen LogP contribution < -0.4 is 5.32 Å². The third-order valence-corrected chi connectivity index (χ3v) is 5.65. The van der Waals surface area contributed by atoms with Gasteiger partial charge in [-0.25, -0.2) is 0 Å². The first-order chi connectivity index (χ1) is 12.7. The molecule has 6 nitrogen and oxygen atoms in total. The Balaban J connectivity index is 1.32. The molecule has 26 heavy (non-hydrogen) atoms. The van der Waals surface area contributed by atoms with Gasteiger partial charge in [0.2, 0.25) is 11.8 Å². The van der Waals surface area contributed by atoms with Crippen LogP contribution in [0.2, 0.25) is 0 Å². The van der Waals surface area contributed by atoms with E-state index in [-0.39, 0.29) is 17.7 Å². The van der Waals surface area contributed by atoms with Crippen LogP contribution in [0.3, 0.4) is 0 Å². The second-order valence-corrected chi connectivity index (χ2v) is 7.27. The van der Waals surface area contributed by atoms with E-state index >= 15 is 0 Å². The van der Waals surface area contributed by atoms with Gasteiger partial charge in [0.15, 0.2) is 0 Å². The normalized spacial score (nSPS) is 19.1. The van der Waals surface area contributed by atoms with Gasteiger partial charge >= 0.3 is 0 Å². The fourth-order valence-corrected chi connectivity index (χ4v) is 4.06. The second kappa shape index (κ2) is 7.50. The van der Waals surface area contributed by atoms with Crippen molar-refractivity contribution in [3.8, 4) is 0 Å². The first-order valence-corrected chi connectivity index (χ1v) is 9.54. The van der Waals surface area contributed by atoms with Gasteiger partial charge in [-0.2, -0.15) is 0 Å². The number of para-hydroxylation sites is 1. The minimum absolute atomic E-state index is 0.142. The van der Waals surface area contributed by atoms with Gasteiger partial charge in [-0.3, -0.25) is 9.59 Å². The third kappa shape index (κ3) is 3.46. The average molecular weight is 354 g/mol. The summed E-state index contributed by atoms with van der Waals surface area (Å²) in [6.45, 7) is 4.44. The van der Waals surface area contributed by atoms with E-state index < -0.39 is 0 Å². The number of piperazine rings is 1. The Kier molecular flexibility index (Phi) is 4.93. The molecule has 2 aliphatic heterocycles. The highest BCUT2D eigenvalue weighted by Gasteiger charge is 2.29. The summed E-state index contributed by atoms with van der Waals surface area (Å²) in [5, 5.41) is 4.41. The summed E-state index contributed by atoms with van der Waals surface area (Å²) >= 11 is 0. The van der Waals surface area contributed by atoms with Crippen molar-refractivity contribution in [3.05, 3.63) is 36.0 Å². The molecule has 1 aromatic heterocycles. The predicted octanol–water partition coefficient (Wildman–Crippen LogP) is 1.38. The summed E-state index contributed by atoms with van der Waals surface area (Å²) in [6, 6.07) is 8.05. The van der Waals surface area contributed by atoms with Crippen molar-refractivity contribution in [1.29, 1.82) is 0 Å². The van der Waals surface area contributed by atoms with Crippen molar-refractivity contribution in [1.82, 2.24) is 20.1 Å². The van der Waals surface area contributed by atoms with E-state index in [2.05, 4.69) is 10.3 Å². The first-order valence-electron chi connectivity index (χ1n) is 9.54. The summed E-state index contributed by atoms with van der Waals surface area (Å²) in [4.78, 5) is 32.4. The predicted molar refractivity (Wildman–Crippen MR) is 101 cm³/mol. The Bertz CT molecular complexity index is 786. The molecule has 138 valence electrons. The molecule has 1 aromatic carbocycles. The summed E-state index contributed by atoms with van der Waals surface area (Å²) in [6.07, 6.45) is 4.20. The average Bonchev–Trinajstić information content (AvgIpc) is 3.11. The van der Waals surface area contributed by atoms with Crippen LogP contribution in [0.1, 0.15) is 18.4 Å². The van der Waals surface area contributed by atoms with E-state index in [0.29, 0.717) is 32.6 Å². The lowest BCUT2D eigenvalue weighted by Crippen LogP contribution is -2.53. The number of nitrogens with zero attached hydrogens (tertiary/aromatic N) is 2. The molecule has 0 spiro atoms. The van der Waals surface area contributed by atoms with Crippen LogP contribution in [0.15, 0.2) is 30.5 Å². The molecular formula is C20H26N4O2. The zero-order valence-corrected chi connectivity index (χ0v) is 15.0. The zero-order valence-electron chi connectivity index (χ0n) is 15.0. The number of carbonyl (C=O) groups is 2. The van der Waals surface area contributed by atoms with Gasteiger partial charge in [-0.15, -0.1) is 0 Å². The number of hydrogen-bond acceptors (Lipinski definition) is 3. The minimum Gasteiger partial charge on any atom is -0.361 e. The van der Waals surface area contributed by atoms with Crippen molar-refractivity contribution in [2.24, 2.45) is 5.92 Å². The van der Waals surface area contributed by atoms with Crippen molar-refractivity contribution >= 4 is 22.7 Å². The van der Waals surface area contributed by atoms with Gasteiger partial charge in [-0.05, 0) is 37.6 Å². The molecule has 2 amide bonds. The van der Waals surface area contributed by atoms with E-state index in [0.717, 1.165) is 42.4 Å². The topological polar surface area (TPSA) is 68.4 Å². The summed E-state index contributed by atoms with van der Waals surface area (Å²) in [5.41, 5.74) is 2.10. The third-order valence-electron chi connectivity index (χ3n) is 5.65. The summed E-state index contributed by atoms with van der Waals surface area (Å²) < 4.78 is 0. The molecule has 0 aliphatic carbocycles. The fourth-order valence-electron chi connectivity index (χ4n) is 4.06. The Morgan fingerprint density at radius 2 is 1.69 bits per heavy atom. The molecule has 2 aliphatic rings. The minimum atomic E-state index is 0.142. The van der Waals surface area contributed by atoms with E-state index in [1.54, 1.807) is 0 Å². The smallest absolute Gasteiger partial charge is 0.227 e. The molecule has 6 heteroatoms. The monoisotopic (exact) mass is 354 g/mol. The molecule has 2 aromatic rings. The number of hydrogen-bond donors (Lipinski definition) is 2. The van der Waals surface area contributed by atoms with Crippen LogP contribution in [0.5, 0.6) is 0 Å². The van der Waals surface area contributed by atoms with Crippen LogP contribution in [0.4, 0.5) is 0 Å². The van der Waals surface area contributed by atoms with Crippen LogP contribution in [0, 0.1) is 5.92 Å². The largest absolute Gasteiger partial charge is 0.361 e. The van der Waals surface area contributed by atoms with Crippen molar-refractivity contribution in [2.45, 2.75) is 19.3 Å². The lowest BCUT2D eigenvalue weighted by Gasteiger charge is -2.37. The number of amides is 2. The number of rotatable bonds is 3. The Morgan fingerprint density at radius 1 is 1.00 bits per heavy atom. The van der Waals surface area contributed by atoms with Gasteiger partial charge in [0, 0.05) is 49.2 Å². The maximum atomic E-state index is 12.7. The summed E-state index contributed by atoms with van der Waals surface area (Å²) in [5.74, 6) is 0.573. The molecule has 0 unspecified atom stereocenters. The zero-order chi connectivity index (χ0) is 17.9. The molecule has 3 heterocycles. The number of nitrogens with one attached hydrogen (secondary N) is 2. The SMILES string of the molecule is O=C(Cc1c[nH]c2ccccc12)N1CCN(C(=O)C2CCNCC2)CC1. The van der Waals surface area contributed by atoms with Crippen LogP contribution in [-0.4, -0.2) is 65.9 Å². The molecule has 0 atom stereocenters. The van der Waals surface area contributed by atoms with Gasteiger partial charge in [-0.1, -0.05) is 18.2 Å². The fraction of sp³-hybridized carbons (Fsp3) is 0.500. The summed E-state index contributed by atoms with van der Waals surface area (Å²) in [7, 11) is 0. The first kappa shape index (κ1) is 17.1. The molecular weight excluding hydrogens is 328 g/mol. The van der Waals surface area contributed by atoms with Crippen LogP contribution >= 0.6 is 0 Å². The van der Waals surface area contributed by atoms with Crippen molar-refractivity contribution in [3.63, 3.8) is 0 Å².